The first-order chi connectivity index (χ1) is 10.9. The summed E-state index contributed by atoms with van der Waals surface area (Å²) in [5.41, 5.74) is 0.295. The number of rotatable bonds is 5. The molecule has 0 aliphatic carbocycles. The summed E-state index contributed by atoms with van der Waals surface area (Å²) < 4.78 is 5.69. The van der Waals surface area contributed by atoms with E-state index in [0.29, 0.717) is 20.2 Å². The van der Waals surface area contributed by atoms with Crippen molar-refractivity contribution < 1.29 is 14.5 Å². The molecule has 0 saturated carbocycles. The molecule has 0 aromatic heterocycles. The van der Waals surface area contributed by atoms with Crippen LogP contribution in [0.15, 0.2) is 40.9 Å². The lowest BCUT2D eigenvalue weighted by atomic mass is 10.3. The number of carbonyl (C=O) groups is 1. The van der Waals surface area contributed by atoms with Gasteiger partial charge in [-0.2, -0.15) is 0 Å². The standard InChI is InChI=1S/C14H9BrCl2N2O4/c15-9-6-8(19(21)22)4-5-12(9)18-13(20)7-23-14-10(16)2-1-3-11(14)17/h1-6H,7H2,(H,18,20). The lowest BCUT2D eigenvalue weighted by molar-refractivity contribution is -0.384. The summed E-state index contributed by atoms with van der Waals surface area (Å²) in [7, 11) is 0. The Morgan fingerprint density at radius 3 is 2.48 bits per heavy atom. The number of benzene rings is 2. The molecule has 1 N–H and O–H groups in total. The summed E-state index contributed by atoms with van der Waals surface area (Å²) in [6, 6.07) is 8.84. The van der Waals surface area contributed by atoms with Crippen LogP contribution in [0.25, 0.3) is 0 Å². The maximum Gasteiger partial charge on any atom is 0.270 e. The highest BCUT2D eigenvalue weighted by molar-refractivity contribution is 9.10. The smallest absolute Gasteiger partial charge is 0.270 e. The second-order valence-electron chi connectivity index (χ2n) is 4.31. The van der Waals surface area contributed by atoms with Gasteiger partial charge in [-0.25, -0.2) is 0 Å². The highest BCUT2D eigenvalue weighted by Crippen LogP contribution is 2.32. The lowest BCUT2D eigenvalue weighted by Crippen LogP contribution is -2.20. The van der Waals surface area contributed by atoms with E-state index in [2.05, 4.69) is 21.2 Å². The Labute approximate surface area is 149 Å². The van der Waals surface area contributed by atoms with Crippen LogP contribution in [0.5, 0.6) is 5.75 Å². The molecule has 0 fully saturated rings. The van der Waals surface area contributed by atoms with E-state index in [4.69, 9.17) is 27.9 Å². The number of halogens is 3. The first-order valence-corrected chi connectivity index (χ1v) is 7.74. The van der Waals surface area contributed by atoms with Crippen LogP contribution in [0.1, 0.15) is 0 Å². The van der Waals surface area contributed by atoms with Gasteiger partial charge < -0.3 is 10.1 Å². The van der Waals surface area contributed by atoms with Crippen molar-refractivity contribution in [3.05, 3.63) is 61.0 Å². The maximum atomic E-state index is 11.9. The Morgan fingerprint density at radius 1 is 1.26 bits per heavy atom. The minimum Gasteiger partial charge on any atom is -0.481 e. The zero-order valence-corrected chi connectivity index (χ0v) is 14.5. The van der Waals surface area contributed by atoms with E-state index >= 15 is 0 Å². The van der Waals surface area contributed by atoms with Crippen LogP contribution in [0, 0.1) is 10.1 Å². The van der Waals surface area contributed by atoms with Crippen LogP contribution in [0.4, 0.5) is 11.4 Å². The van der Waals surface area contributed by atoms with Crippen molar-refractivity contribution in [2.45, 2.75) is 0 Å². The Hall–Kier alpha value is -1.83. The second kappa shape index (κ2) is 7.63. The predicted molar refractivity (Wildman–Crippen MR) is 91.4 cm³/mol. The molecule has 2 aromatic carbocycles. The number of nitro groups is 1. The highest BCUT2D eigenvalue weighted by atomic mass is 79.9. The number of amides is 1. The molecule has 2 rings (SSSR count). The van der Waals surface area contributed by atoms with Gasteiger partial charge >= 0.3 is 0 Å². The van der Waals surface area contributed by atoms with Gasteiger partial charge in [0.1, 0.15) is 0 Å². The van der Waals surface area contributed by atoms with E-state index in [1.165, 1.54) is 18.2 Å². The van der Waals surface area contributed by atoms with E-state index in [0.717, 1.165) is 0 Å². The van der Waals surface area contributed by atoms with Crippen LogP contribution in [0.3, 0.4) is 0 Å². The van der Waals surface area contributed by atoms with Gasteiger partial charge in [0.25, 0.3) is 11.6 Å². The van der Waals surface area contributed by atoms with Crippen molar-refractivity contribution in [1.82, 2.24) is 0 Å². The topological polar surface area (TPSA) is 81.5 Å². The molecular formula is C14H9BrCl2N2O4. The van der Waals surface area contributed by atoms with Gasteiger partial charge in [0.15, 0.2) is 12.4 Å². The molecule has 0 saturated heterocycles. The van der Waals surface area contributed by atoms with E-state index < -0.39 is 10.8 Å². The summed E-state index contributed by atoms with van der Waals surface area (Å²) >= 11 is 15.0. The molecule has 0 aliphatic rings. The maximum absolute atomic E-state index is 11.9. The predicted octanol–water partition coefficient (Wildman–Crippen LogP) is 4.68. The molecule has 0 aliphatic heterocycles. The number of ether oxygens (including phenoxy) is 1. The number of non-ortho nitro benzene ring substituents is 1. The fraction of sp³-hybridized carbons (Fsp3) is 0.0714. The molecule has 0 spiro atoms. The number of nitro benzene ring substituents is 1. The van der Waals surface area contributed by atoms with Crippen molar-refractivity contribution in [1.29, 1.82) is 0 Å². The van der Waals surface area contributed by atoms with Crippen LogP contribution in [-0.4, -0.2) is 17.4 Å². The number of anilines is 1. The molecule has 6 nitrogen and oxygen atoms in total. The summed E-state index contributed by atoms with van der Waals surface area (Å²) in [6.45, 7) is -0.313. The molecule has 0 atom stereocenters. The van der Waals surface area contributed by atoms with Gasteiger partial charge in [0, 0.05) is 16.6 Å². The van der Waals surface area contributed by atoms with Gasteiger partial charge in [0.2, 0.25) is 0 Å². The number of hydrogen-bond donors (Lipinski definition) is 1. The normalized spacial score (nSPS) is 10.2. The van der Waals surface area contributed by atoms with Gasteiger partial charge in [0.05, 0.1) is 20.7 Å². The Bertz CT molecular complexity index is 750. The third-order valence-corrected chi connectivity index (χ3v) is 3.96. The largest absolute Gasteiger partial charge is 0.481 e. The SMILES string of the molecule is O=C(COc1c(Cl)cccc1Cl)Nc1ccc([N+](=O)[O-])cc1Br. The van der Waals surface area contributed by atoms with Gasteiger partial charge in [-0.3, -0.25) is 14.9 Å². The number of nitrogens with one attached hydrogen (secondary N) is 1. The lowest BCUT2D eigenvalue weighted by Gasteiger charge is -2.11. The van der Waals surface area contributed by atoms with Crippen LogP contribution < -0.4 is 10.1 Å². The minimum atomic E-state index is -0.529. The zero-order valence-electron chi connectivity index (χ0n) is 11.4. The van der Waals surface area contributed by atoms with Crippen LogP contribution in [-0.2, 0) is 4.79 Å². The van der Waals surface area contributed by atoms with Gasteiger partial charge in [-0.1, -0.05) is 29.3 Å². The average Bonchev–Trinajstić information content (AvgIpc) is 2.48. The summed E-state index contributed by atoms with van der Waals surface area (Å²) in [5, 5.41) is 13.8. The summed E-state index contributed by atoms with van der Waals surface area (Å²) in [4.78, 5) is 22.0. The zero-order chi connectivity index (χ0) is 17.0. The summed E-state index contributed by atoms with van der Waals surface area (Å²) in [6.07, 6.45) is 0. The fourth-order valence-electron chi connectivity index (χ4n) is 1.66. The third-order valence-electron chi connectivity index (χ3n) is 2.70. The number of para-hydroxylation sites is 1. The Morgan fingerprint density at radius 2 is 1.91 bits per heavy atom. The second-order valence-corrected chi connectivity index (χ2v) is 5.98. The van der Waals surface area contributed by atoms with E-state index in [1.807, 2.05) is 0 Å². The van der Waals surface area contributed by atoms with Crippen molar-refractivity contribution >= 4 is 56.4 Å². The first kappa shape index (κ1) is 17.5. The van der Waals surface area contributed by atoms with Crippen molar-refractivity contribution in [3.8, 4) is 5.75 Å². The Balaban J connectivity index is 2.01. The molecule has 0 radical (unpaired) electrons. The van der Waals surface area contributed by atoms with E-state index in [9.17, 15) is 14.9 Å². The first-order valence-electron chi connectivity index (χ1n) is 6.19. The highest BCUT2D eigenvalue weighted by Gasteiger charge is 2.13. The molecule has 120 valence electrons. The molecular weight excluding hydrogens is 411 g/mol. The Kier molecular flexibility index (Phi) is 5.81. The molecule has 0 heterocycles. The van der Waals surface area contributed by atoms with Gasteiger partial charge in [-0.05, 0) is 34.1 Å². The number of hydrogen-bond acceptors (Lipinski definition) is 4. The number of carbonyl (C=O) groups excluding carboxylic acids is 1. The molecule has 2 aromatic rings. The molecule has 23 heavy (non-hydrogen) atoms. The molecule has 9 heteroatoms. The minimum absolute atomic E-state index is 0.0889. The quantitative estimate of drug-likeness (QED) is 0.563. The van der Waals surface area contributed by atoms with Gasteiger partial charge in [-0.15, -0.1) is 0 Å². The molecule has 0 bridgehead atoms. The fourth-order valence-corrected chi connectivity index (χ4v) is 2.64. The average molecular weight is 420 g/mol. The molecule has 0 unspecified atom stereocenters. The summed E-state index contributed by atoms with van der Waals surface area (Å²) in [5.74, 6) is -0.246. The van der Waals surface area contributed by atoms with Crippen molar-refractivity contribution in [2.75, 3.05) is 11.9 Å². The van der Waals surface area contributed by atoms with E-state index in [-0.39, 0.29) is 18.0 Å². The molecule has 1 amide bonds. The van der Waals surface area contributed by atoms with Crippen LogP contribution in [0.2, 0.25) is 10.0 Å². The number of nitrogens with zero attached hydrogens (tertiary/aromatic N) is 1. The van der Waals surface area contributed by atoms with Crippen molar-refractivity contribution in [3.63, 3.8) is 0 Å². The van der Waals surface area contributed by atoms with Crippen LogP contribution >= 0.6 is 39.1 Å². The van der Waals surface area contributed by atoms with Crippen molar-refractivity contribution in [2.24, 2.45) is 0 Å². The van der Waals surface area contributed by atoms with E-state index in [1.54, 1.807) is 18.2 Å². The third kappa shape index (κ3) is 4.57. The monoisotopic (exact) mass is 418 g/mol.